The average Bonchev–Trinajstić information content (AvgIpc) is 3.06. The van der Waals surface area contributed by atoms with E-state index in [1.54, 1.807) is 7.11 Å². The van der Waals surface area contributed by atoms with Crippen molar-refractivity contribution in [1.29, 1.82) is 0 Å². The molecule has 6 heteroatoms. The molecule has 0 heterocycles. The number of rotatable bonds is 7. The van der Waals surface area contributed by atoms with Crippen LogP contribution in [0.4, 0.5) is 0 Å². The van der Waals surface area contributed by atoms with Crippen molar-refractivity contribution in [2.45, 2.75) is 57.6 Å². The first kappa shape index (κ1) is 18.5. The third-order valence-corrected chi connectivity index (χ3v) is 5.57. The maximum Gasteiger partial charge on any atom is 0.307 e. The van der Waals surface area contributed by atoms with Gasteiger partial charge in [-0.2, -0.15) is 0 Å². The fourth-order valence-corrected chi connectivity index (χ4v) is 3.75. The molecule has 3 atom stereocenters. The van der Waals surface area contributed by atoms with Gasteiger partial charge in [-0.05, 0) is 63.1 Å². The number of benzene rings is 1. The van der Waals surface area contributed by atoms with Gasteiger partial charge in [-0.15, -0.1) is 0 Å². The smallest absolute Gasteiger partial charge is 0.307 e. The largest absolute Gasteiger partial charge is 0.493 e. The second kappa shape index (κ2) is 7.98. The number of hydrogen-bond acceptors (Lipinski definition) is 4. The van der Waals surface area contributed by atoms with E-state index in [2.05, 4.69) is 5.32 Å². The highest BCUT2D eigenvalue weighted by molar-refractivity contribution is 5.86. The maximum absolute atomic E-state index is 12.3. The van der Waals surface area contributed by atoms with Crippen LogP contribution in [-0.4, -0.2) is 30.2 Å². The first-order valence-electron chi connectivity index (χ1n) is 9.37. The van der Waals surface area contributed by atoms with E-state index in [4.69, 9.17) is 14.6 Å². The quantitative estimate of drug-likeness (QED) is 0.778. The Hall–Kier alpha value is -2.24. The third-order valence-electron chi connectivity index (χ3n) is 5.57. The van der Waals surface area contributed by atoms with Crippen LogP contribution in [0, 0.1) is 11.8 Å². The molecule has 2 fully saturated rings. The minimum absolute atomic E-state index is 0.193. The summed E-state index contributed by atoms with van der Waals surface area (Å²) in [6.45, 7) is 1.89. The summed E-state index contributed by atoms with van der Waals surface area (Å²) in [5.41, 5.74) is 0.903. The van der Waals surface area contributed by atoms with Crippen molar-refractivity contribution in [2.24, 2.45) is 11.8 Å². The van der Waals surface area contributed by atoms with Gasteiger partial charge in [0.15, 0.2) is 11.5 Å². The van der Waals surface area contributed by atoms with Gasteiger partial charge in [0.1, 0.15) is 0 Å². The molecule has 1 aromatic rings. The van der Waals surface area contributed by atoms with Crippen LogP contribution in [-0.2, 0) is 9.59 Å². The molecule has 0 aromatic heterocycles. The summed E-state index contributed by atoms with van der Waals surface area (Å²) in [5.74, 6) is -0.685. The van der Waals surface area contributed by atoms with Gasteiger partial charge in [-0.3, -0.25) is 9.59 Å². The van der Waals surface area contributed by atoms with Crippen LogP contribution in [0.1, 0.15) is 57.1 Å². The number of nitrogens with one attached hydrogen (secondary N) is 1. The average molecular weight is 361 g/mol. The monoisotopic (exact) mass is 361 g/mol. The lowest BCUT2D eigenvalue weighted by molar-refractivity contribution is -0.152. The van der Waals surface area contributed by atoms with Gasteiger partial charge in [0.25, 0.3) is 0 Å². The zero-order valence-corrected chi connectivity index (χ0v) is 15.4. The highest BCUT2D eigenvalue weighted by Gasteiger charge is 2.41. The maximum atomic E-state index is 12.3. The van der Waals surface area contributed by atoms with Crippen LogP contribution in [0.2, 0.25) is 0 Å². The molecule has 2 N–H and O–H groups in total. The van der Waals surface area contributed by atoms with Crippen molar-refractivity contribution in [2.75, 3.05) is 7.11 Å². The molecule has 2 aliphatic rings. The standard InChI is InChI=1S/C20H27NO5/c1-12(21-19(22)15-8-9-16(15)20(23)24)13-7-10-17(18(11-13)25-2)26-14-5-3-4-6-14/h7,10-12,14-16H,3-6,8-9H2,1-2H3,(H,21,22)(H,23,24). The molecule has 0 aliphatic heterocycles. The van der Waals surface area contributed by atoms with Crippen molar-refractivity contribution >= 4 is 11.9 Å². The Bertz CT molecular complexity index is 668. The van der Waals surface area contributed by atoms with Gasteiger partial charge in [-0.25, -0.2) is 0 Å². The Balaban J connectivity index is 1.64. The lowest BCUT2D eigenvalue weighted by Crippen LogP contribution is -2.44. The second-order valence-electron chi connectivity index (χ2n) is 7.29. The van der Waals surface area contributed by atoms with Crippen molar-refractivity contribution in [3.8, 4) is 11.5 Å². The molecule has 0 bridgehead atoms. The summed E-state index contributed by atoms with van der Waals surface area (Å²) in [5, 5.41) is 12.0. The molecule has 0 spiro atoms. The number of aliphatic carboxylic acids is 1. The van der Waals surface area contributed by atoms with Crippen LogP contribution in [0.5, 0.6) is 11.5 Å². The molecule has 3 unspecified atom stereocenters. The van der Waals surface area contributed by atoms with E-state index in [1.165, 1.54) is 12.8 Å². The molecule has 3 rings (SSSR count). The molecule has 2 aliphatic carbocycles. The molecule has 6 nitrogen and oxygen atoms in total. The molecule has 0 radical (unpaired) electrons. The van der Waals surface area contributed by atoms with Crippen molar-refractivity contribution < 1.29 is 24.2 Å². The molecule has 1 amide bonds. The number of amides is 1. The van der Waals surface area contributed by atoms with Crippen LogP contribution < -0.4 is 14.8 Å². The molecule has 0 saturated heterocycles. The number of carboxylic acids is 1. The van der Waals surface area contributed by atoms with Gasteiger partial charge in [-0.1, -0.05) is 6.07 Å². The van der Waals surface area contributed by atoms with Gasteiger partial charge < -0.3 is 19.9 Å². The third kappa shape index (κ3) is 3.94. The number of hydrogen-bond donors (Lipinski definition) is 2. The van der Waals surface area contributed by atoms with Gasteiger partial charge in [0.2, 0.25) is 5.91 Å². The van der Waals surface area contributed by atoms with Crippen molar-refractivity contribution in [3.63, 3.8) is 0 Å². The molecular formula is C20H27NO5. The molecule has 2 saturated carbocycles. The van der Waals surface area contributed by atoms with Crippen LogP contribution in [0.15, 0.2) is 18.2 Å². The summed E-state index contributed by atoms with van der Waals surface area (Å²) < 4.78 is 11.5. The minimum atomic E-state index is -0.890. The Morgan fingerprint density at radius 2 is 1.81 bits per heavy atom. The van der Waals surface area contributed by atoms with E-state index in [1.807, 2.05) is 25.1 Å². The Labute approximate surface area is 153 Å². The minimum Gasteiger partial charge on any atom is -0.493 e. The summed E-state index contributed by atoms with van der Waals surface area (Å²) in [6.07, 6.45) is 6.00. The summed E-state index contributed by atoms with van der Waals surface area (Å²) >= 11 is 0. The summed E-state index contributed by atoms with van der Waals surface area (Å²) in [6, 6.07) is 5.46. The second-order valence-corrected chi connectivity index (χ2v) is 7.29. The molecule has 142 valence electrons. The fourth-order valence-electron chi connectivity index (χ4n) is 3.75. The normalized spacial score (nSPS) is 23.8. The Morgan fingerprint density at radius 1 is 1.12 bits per heavy atom. The van der Waals surface area contributed by atoms with Gasteiger partial charge in [0.05, 0.1) is 31.1 Å². The van der Waals surface area contributed by atoms with Crippen molar-refractivity contribution in [3.05, 3.63) is 23.8 Å². The molecule has 1 aromatic carbocycles. The van der Waals surface area contributed by atoms with E-state index in [0.29, 0.717) is 18.6 Å². The van der Waals surface area contributed by atoms with Crippen LogP contribution in [0.25, 0.3) is 0 Å². The topological polar surface area (TPSA) is 84.9 Å². The summed E-state index contributed by atoms with van der Waals surface area (Å²) in [7, 11) is 1.61. The SMILES string of the molecule is COc1cc(C(C)NC(=O)C2CCC2C(=O)O)ccc1OC1CCCC1. The number of carbonyl (C=O) groups excluding carboxylic acids is 1. The van der Waals surface area contributed by atoms with Crippen LogP contribution in [0.3, 0.4) is 0 Å². The lowest BCUT2D eigenvalue weighted by atomic mass is 9.73. The van der Waals surface area contributed by atoms with E-state index < -0.39 is 17.8 Å². The number of carboxylic acid groups (broad SMARTS) is 1. The molecule has 26 heavy (non-hydrogen) atoms. The Morgan fingerprint density at radius 3 is 2.38 bits per heavy atom. The van der Waals surface area contributed by atoms with Crippen molar-refractivity contribution in [1.82, 2.24) is 5.32 Å². The highest BCUT2D eigenvalue weighted by Crippen LogP contribution is 2.36. The van der Waals surface area contributed by atoms with E-state index in [9.17, 15) is 9.59 Å². The number of methoxy groups -OCH3 is 1. The number of carbonyl (C=O) groups is 2. The first-order chi connectivity index (χ1) is 12.5. The zero-order valence-electron chi connectivity index (χ0n) is 15.4. The zero-order chi connectivity index (χ0) is 18.7. The van der Waals surface area contributed by atoms with Gasteiger partial charge >= 0.3 is 5.97 Å². The fraction of sp³-hybridized carbons (Fsp3) is 0.600. The van der Waals surface area contributed by atoms with E-state index in [-0.39, 0.29) is 18.1 Å². The predicted molar refractivity (Wildman–Crippen MR) is 96.3 cm³/mol. The van der Waals surface area contributed by atoms with Crippen LogP contribution >= 0.6 is 0 Å². The predicted octanol–water partition coefficient (Wildman–Crippen LogP) is 3.30. The van der Waals surface area contributed by atoms with E-state index >= 15 is 0 Å². The molecular weight excluding hydrogens is 334 g/mol. The summed E-state index contributed by atoms with van der Waals surface area (Å²) in [4.78, 5) is 23.4. The Kier molecular flexibility index (Phi) is 5.69. The van der Waals surface area contributed by atoms with E-state index in [0.717, 1.165) is 24.2 Å². The van der Waals surface area contributed by atoms with Gasteiger partial charge in [0, 0.05) is 0 Å². The first-order valence-corrected chi connectivity index (χ1v) is 9.37. The highest BCUT2D eigenvalue weighted by atomic mass is 16.5. The lowest BCUT2D eigenvalue weighted by Gasteiger charge is -2.33. The number of ether oxygens (including phenoxy) is 2.